The molecule has 7 nitrogen and oxygen atoms in total. The van der Waals surface area contributed by atoms with Crippen LogP contribution in [0.15, 0.2) is 30.3 Å². The van der Waals surface area contributed by atoms with Gasteiger partial charge in [0.25, 0.3) is 5.91 Å². The van der Waals surface area contributed by atoms with Crippen LogP contribution in [0.3, 0.4) is 0 Å². The van der Waals surface area contributed by atoms with Crippen molar-refractivity contribution in [1.82, 2.24) is 20.2 Å². The van der Waals surface area contributed by atoms with Crippen molar-refractivity contribution in [2.75, 3.05) is 50.5 Å². The number of carbonyl (C=O) groups excluding carboxylic acids is 1. The zero-order valence-electron chi connectivity index (χ0n) is 17.0. The normalized spacial score (nSPS) is 14.2. The van der Waals surface area contributed by atoms with Crippen molar-refractivity contribution in [3.8, 4) is 0 Å². The molecule has 1 aromatic carbocycles. The van der Waals surface area contributed by atoms with Gasteiger partial charge in [-0.15, -0.1) is 0 Å². The van der Waals surface area contributed by atoms with Gasteiger partial charge in [0, 0.05) is 43.6 Å². The zero-order valence-corrected chi connectivity index (χ0v) is 17.0. The van der Waals surface area contributed by atoms with E-state index in [-0.39, 0.29) is 5.91 Å². The highest BCUT2D eigenvalue weighted by molar-refractivity contribution is 5.93. The number of aromatic nitrogens is 2. The molecule has 1 aromatic heterocycles. The van der Waals surface area contributed by atoms with Crippen molar-refractivity contribution in [3.05, 3.63) is 41.9 Å². The second-order valence-corrected chi connectivity index (χ2v) is 7.46. The number of benzene rings is 1. The van der Waals surface area contributed by atoms with Gasteiger partial charge in [0.1, 0.15) is 17.3 Å². The van der Waals surface area contributed by atoms with Gasteiger partial charge in [-0.3, -0.25) is 4.79 Å². The Morgan fingerprint density at radius 2 is 1.82 bits per heavy atom. The highest BCUT2D eigenvalue weighted by atomic mass is 16.1. The van der Waals surface area contributed by atoms with Crippen LogP contribution >= 0.6 is 0 Å². The first-order valence-electron chi connectivity index (χ1n) is 9.92. The maximum Gasteiger partial charge on any atom is 0.270 e. The fourth-order valence-electron chi connectivity index (χ4n) is 3.29. The standard InChI is InChI=1S/C21H30N6O/c1-16-23-19(21(28)22-11-14-26(2)3)15-20(24-16)25-17-7-9-18(10-8-17)27-12-5-4-6-13-27/h7-10,15H,4-6,11-14H2,1-3H3,(H,22,28)(H,23,24,25). The summed E-state index contributed by atoms with van der Waals surface area (Å²) in [5, 5.41) is 6.17. The van der Waals surface area contributed by atoms with Gasteiger partial charge in [0.05, 0.1) is 0 Å². The minimum Gasteiger partial charge on any atom is -0.372 e. The minimum atomic E-state index is -0.184. The second kappa shape index (κ2) is 9.50. The van der Waals surface area contributed by atoms with Crippen LogP contribution in [0.2, 0.25) is 0 Å². The summed E-state index contributed by atoms with van der Waals surface area (Å²) in [6, 6.07) is 10.1. The predicted molar refractivity (Wildman–Crippen MR) is 113 cm³/mol. The van der Waals surface area contributed by atoms with E-state index in [9.17, 15) is 4.79 Å². The SMILES string of the molecule is Cc1nc(Nc2ccc(N3CCCCC3)cc2)cc(C(=O)NCCN(C)C)n1. The average molecular weight is 383 g/mol. The molecule has 0 bridgehead atoms. The summed E-state index contributed by atoms with van der Waals surface area (Å²) in [6.45, 7) is 5.41. The Hall–Kier alpha value is -2.67. The van der Waals surface area contributed by atoms with E-state index in [0.29, 0.717) is 23.9 Å². The first kappa shape index (κ1) is 20.1. The third-order valence-electron chi connectivity index (χ3n) is 4.78. The Labute approximate surface area is 167 Å². The molecular formula is C21H30N6O. The van der Waals surface area contributed by atoms with Gasteiger partial charge in [-0.25, -0.2) is 9.97 Å². The van der Waals surface area contributed by atoms with Crippen molar-refractivity contribution >= 4 is 23.1 Å². The highest BCUT2D eigenvalue weighted by Gasteiger charge is 2.12. The van der Waals surface area contributed by atoms with Crippen LogP contribution in [-0.4, -0.2) is 61.0 Å². The summed E-state index contributed by atoms with van der Waals surface area (Å²) < 4.78 is 0. The Bertz CT molecular complexity index is 784. The van der Waals surface area contributed by atoms with E-state index in [0.717, 1.165) is 25.3 Å². The number of carbonyl (C=O) groups is 1. The van der Waals surface area contributed by atoms with Gasteiger partial charge in [-0.05, 0) is 64.5 Å². The topological polar surface area (TPSA) is 73.4 Å². The molecule has 1 aliphatic rings. The molecule has 150 valence electrons. The number of hydrogen-bond donors (Lipinski definition) is 2. The number of piperidine rings is 1. The van der Waals surface area contributed by atoms with E-state index >= 15 is 0 Å². The predicted octanol–water partition coefficient (Wildman–Crippen LogP) is 2.81. The summed E-state index contributed by atoms with van der Waals surface area (Å²) >= 11 is 0. The molecule has 0 aliphatic carbocycles. The molecule has 0 unspecified atom stereocenters. The molecule has 0 saturated carbocycles. The van der Waals surface area contributed by atoms with Gasteiger partial charge in [-0.2, -0.15) is 0 Å². The van der Waals surface area contributed by atoms with E-state index in [1.165, 1.54) is 24.9 Å². The number of rotatable bonds is 7. The van der Waals surface area contributed by atoms with Gasteiger partial charge >= 0.3 is 0 Å². The van der Waals surface area contributed by atoms with Gasteiger partial charge < -0.3 is 20.4 Å². The van der Waals surface area contributed by atoms with Gasteiger partial charge in [0.2, 0.25) is 0 Å². The molecule has 0 atom stereocenters. The molecule has 2 heterocycles. The van der Waals surface area contributed by atoms with Crippen molar-refractivity contribution in [1.29, 1.82) is 0 Å². The molecule has 3 rings (SSSR count). The lowest BCUT2D eigenvalue weighted by molar-refractivity contribution is 0.0945. The van der Waals surface area contributed by atoms with Crippen LogP contribution in [0.25, 0.3) is 0 Å². The summed E-state index contributed by atoms with van der Waals surface area (Å²) in [5.41, 5.74) is 2.57. The van der Waals surface area contributed by atoms with Crippen LogP contribution < -0.4 is 15.5 Å². The lowest BCUT2D eigenvalue weighted by Gasteiger charge is -2.28. The largest absolute Gasteiger partial charge is 0.372 e. The number of aryl methyl sites for hydroxylation is 1. The Kier molecular flexibility index (Phi) is 6.81. The Morgan fingerprint density at radius 1 is 1.11 bits per heavy atom. The lowest BCUT2D eigenvalue weighted by atomic mass is 10.1. The third kappa shape index (κ3) is 5.66. The Morgan fingerprint density at radius 3 is 2.50 bits per heavy atom. The third-order valence-corrected chi connectivity index (χ3v) is 4.78. The number of anilines is 3. The number of likely N-dealkylation sites (N-methyl/N-ethyl adjacent to an activating group) is 1. The van der Waals surface area contributed by atoms with Crippen LogP contribution in [0.1, 0.15) is 35.6 Å². The van der Waals surface area contributed by atoms with Crippen LogP contribution in [0.5, 0.6) is 0 Å². The molecule has 1 amide bonds. The van der Waals surface area contributed by atoms with Crippen molar-refractivity contribution in [3.63, 3.8) is 0 Å². The molecule has 1 fully saturated rings. The summed E-state index contributed by atoms with van der Waals surface area (Å²) in [5.74, 6) is 1.000. The van der Waals surface area contributed by atoms with Crippen LogP contribution in [0.4, 0.5) is 17.2 Å². The fourth-order valence-corrected chi connectivity index (χ4v) is 3.29. The summed E-state index contributed by atoms with van der Waals surface area (Å²) in [4.78, 5) is 25.5. The average Bonchev–Trinajstić information content (AvgIpc) is 2.68. The van der Waals surface area contributed by atoms with E-state index in [1.807, 2.05) is 19.0 Å². The Balaban J connectivity index is 1.65. The smallest absolute Gasteiger partial charge is 0.270 e. The van der Waals surface area contributed by atoms with Gasteiger partial charge in [0.15, 0.2) is 0 Å². The quantitative estimate of drug-likeness (QED) is 0.767. The molecule has 1 aliphatic heterocycles. The highest BCUT2D eigenvalue weighted by Crippen LogP contribution is 2.23. The number of nitrogens with one attached hydrogen (secondary N) is 2. The molecule has 2 N–H and O–H groups in total. The molecule has 7 heteroatoms. The molecule has 0 radical (unpaired) electrons. The summed E-state index contributed by atoms with van der Waals surface area (Å²) in [7, 11) is 3.94. The second-order valence-electron chi connectivity index (χ2n) is 7.46. The maximum absolute atomic E-state index is 12.3. The van der Waals surface area contributed by atoms with Crippen molar-refractivity contribution < 1.29 is 4.79 Å². The monoisotopic (exact) mass is 382 g/mol. The first-order valence-corrected chi connectivity index (χ1v) is 9.92. The lowest BCUT2D eigenvalue weighted by Crippen LogP contribution is -2.32. The van der Waals surface area contributed by atoms with E-state index < -0.39 is 0 Å². The number of hydrogen-bond acceptors (Lipinski definition) is 6. The molecule has 0 spiro atoms. The molecule has 1 saturated heterocycles. The number of amides is 1. The number of nitrogens with zero attached hydrogens (tertiary/aromatic N) is 4. The summed E-state index contributed by atoms with van der Waals surface area (Å²) in [6.07, 6.45) is 3.85. The van der Waals surface area contributed by atoms with Crippen molar-refractivity contribution in [2.45, 2.75) is 26.2 Å². The van der Waals surface area contributed by atoms with E-state index in [4.69, 9.17) is 0 Å². The first-order chi connectivity index (χ1) is 13.5. The zero-order chi connectivity index (χ0) is 19.9. The molecule has 2 aromatic rings. The minimum absolute atomic E-state index is 0.184. The van der Waals surface area contributed by atoms with Crippen LogP contribution in [0, 0.1) is 6.92 Å². The molecule has 28 heavy (non-hydrogen) atoms. The fraction of sp³-hybridized carbons (Fsp3) is 0.476. The van der Waals surface area contributed by atoms with Crippen molar-refractivity contribution in [2.24, 2.45) is 0 Å². The van der Waals surface area contributed by atoms with Gasteiger partial charge in [-0.1, -0.05) is 0 Å². The van der Waals surface area contributed by atoms with E-state index in [2.05, 4.69) is 49.8 Å². The maximum atomic E-state index is 12.3. The van der Waals surface area contributed by atoms with Crippen LogP contribution in [-0.2, 0) is 0 Å². The molecular weight excluding hydrogens is 352 g/mol. The van der Waals surface area contributed by atoms with E-state index in [1.54, 1.807) is 13.0 Å².